The molecule has 1 heteroatoms. The first kappa shape index (κ1) is 14.2. The van der Waals surface area contributed by atoms with Crippen LogP contribution in [0.2, 0.25) is 0 Å². The number of benzene rings is 1. The van der Waals surface area contributed by atoms with E-state index in [0.29, 0.717) is 0 Å². The van der Waals surface area contributed by atoms with E-state index < -0.39 is 0 Å². The van der Waals surface area contributed by atoms with Gasteiger partial charge in [0.2, 0.25) is 0 Å². The average Bonchev–Trinajstić information content (AvgIpc) is 3.10. The van der Waals surface area contributed by atoms with Crippen molar-refractivity contribution in [2.75, 3.05) is 0 Å². The largest absolute Gasteiger partial charge is 0.464 e. The molecular formula is C20H24O. The minimum absolute atomic E-state index is 1.03. The Morgan fingerprint density at radius 2 is 1.86 bits per heavy atom. The fraction of sp³-hybridized carbons (Fsp3) is 0.400. The van der Waals surface area contributed by atoms with Crippen molar-refractivity contribution in [1.82, 2.24) is 0 Å². The normalized spacial score (nSPS) is 13.8. The molecule has 0 radical (unpaired) electrons. The maximum Gasteiger partial charge on any atom is 0.133 e. The average molecular weight is 280 g/mol. The quantitative estimate of drug-likeness (QED) is 0.643. The van der Waals surface area contributed by atoms with Crippen molar-refractivity contribution >= 4 is 11.1 Å². The summed E-state index contributed by atoms with van der Waals surface area (Å²) in [5, 5.41) is 0. The first-order valence-electron chi connectivity index (χ1n) is 8.22. The van der Waals surface area contributed by atoms with Gasteiger partial charge in [-0.25, -0.2) is 0 Å². The Balaban J connectivity index is 2.01. The van der Waals surface area contributed by atoms with Crippen molar-refractivity contribution < 1.29 is 4.42 Å². The van der Waals surface area contributed by atoms with Gasteiger partial charge in [-0.3, -0.25) is 0 Å². The summed E-state index contributed by atoms with van der Waals surface area (Å²) in [5.41, 5.74) is 7.20. The van der Waals surface area contributed by atoms with Crippen LogP contribution in [0.3, 0.4) is 0 Å². The zero-order chi connectivity index (χ0) is 14.7. The van der Waals surface area contributed by atoms with E-state index in [2.05, 4.69) is 44.2 Å². The van der Waals surface area contributed by atoms with E-state index >= 15 is 0 Å². The lowest BCUT2D eigenvalue weighted by atomic mass is 9.98. The molecule has 1 nitrogen and oxygen atoms in total. The maximum absolute atomic E-state index is 5.90. The molecule has 0 amide bonds. The molecule has 3 rings (SSSR count). The van der Waals surface area contributed by atoms with E-state index in [0.717, 1.165) is 25.0 Å². The second-order valence-corrected chi connectivity index (χ2v) is 5.92. The predicted octanol–water partition coefficient (Wildman–Crippen LogP) is 5.89. The molecule has 0 aliphatic heterocycles. The number of hydrogen-bond acceptors (Lipinski definition) is 1. The summed E-state index contributed by atoms with van der Waals surface area (Å²) in [6, 6.07) is 11.0. The highest BCUT2D eigenvalue weighted by Gasteiger charge is 2.24. The molecule has 1 heterocycles. The Hall–Kier alpha value is -1.76. The first-order valence-corrected chi connectivity index (χ1v) is 8.22. The molecule has 110 valence electrons. The molecule has 1 aromatic carbocycles. The van der Waals surface area contributed by atoms with Crippen LogP contribution in [0.1, 0.15) is 62.0 Å². The Kier molecular flexibility index (Phi) is 4.28. The van der Waals surface area contributed by atoms with Crippen LogP contribution in [0.4, 0.5) is 0 Å². The molecule has 0 N–H and O–H groups in total. The van der Waals surface area contributed by atoms with Crippen LogP contribution < -0.4 is 0 Å². The van der Waals surface area contributed by atoms with E-state index in [4.69, 9.17) is 4.42 Å². The molecular weight excluding hydrogens is 256 g/mol. The summed E-state index contributed by atoms with van der Waals surface area (Å²) in [6.07, 6.45) is 8.79. The van der Waals surface area contributed by atoms with Crippen LogP contribution in [-0.2, 0) is 12.8 Å². The van der Waals surface area contributed by atoms with Gasteiger partial charge >= 0.3 is 0 Å². The fourth-order valence-corrected chi connectivity index (χ4v) is 3.35. The second kappa shape index (κ2) is 6.34. The molecule has 21 heavy (non-hydrogen) atoms. The standard InChI is InChI=1S/C20H24O/c1-3-5-9-15-12-13-21-20(15)19-14-16-10-6-7-11-17(16)18(19)8-4-2/h6-7,10-13H,3-5,8-9,14H2,1-2H3. The fourth-order valence-electron chi connectivity index (χ4n) is 3.35. The molecule has 0 saturated carbocycles. The Labute approximate surface area is 127 Å². The monoisotopic (exact) mass is 280 g/mol. The smallest absolute Gasteiger partial charge is 0.133 e. The molecule has 0 fully saturated rings. The van der Waals surface area contributed by atoms with Gasteiger partial charge in [-0.1, -0.05) is 51.0 Å². The summed E-state index contributed by atoms with van der Waals surface area (Å²) in [4.78, 5) is 0. The van der Waals surface area contributed by atoms with Crippen molar-refractivity contribution in [3.05, 3.63) is 59.0 Å². The third-order valence-electron chi connectivity index (χ3n) is 4.39. The summed E-state index contributed by atoms with van der Waals surface area (Å²) in [5.74, 6) is 1.14. The predicted molar refractivity (Wildman–Crippen MR) is 89.2 cm³/mol. The van der Waals surface area contributed by atoms with Crippen molar-refractivity contribution in [3.8, 4) is 0 Å². The molecule has 1 aliphatic carbocycles. The number of unbranched alkanes of at least 4 members (excludes halogenated alkanes) is 1. The molecule has 0 unspecified atom stereocenters. The second-order valence-electron chi connectivity index (χ2n) is 5.92. The van der Waals surface area contributed by atoms with E-state index in [1.165, 1.54) is 47.1 Å². The number of hydrogen-bond donors (Lipinski definition) is 0. The topological polar surface area (TPSA) is 13.1 Å². The van der Waals surface area contributed by atoms with E-state index in [9.17, 15) is 0 Å². The number of rotatable bonds is 6. The Morgan fingerprint density at radius 3 is 2.67 bits per heavy atom. The molecule has 0 atom stereocenters. The Morgan fingerprint density at radius 1 is 1.00 bits per heavy atom. The van der Waals surface area contributed by atoms with Crippen LogP contribution in [0.5, 0.6) is 0 Å². The van der Waals surface area contributed by atoms with Crippen molar-refractivity contribution in [3.63, 3.8) is 0 Å². The van der Waals surface area contributed by atoms with Crippen molar-refractivity contribution in [2.45, 2.75) is 52.4 Å². The zero-order valence-electron chi connectivity index (χ0n) is 13.1. The van der Waals surface area contributed by atoms with Crippen LogP contribution in [0.15, 0.2) is 41.0 Å². The highest BCUT2D eigenvalue weighted by atomic mass is 16.3. The summed E-state index contributed by atoms with van der Waals surface area (Å²) in [7, 11) is 0. The maximum atomic E-state index is 5.90. The van der Waals surface area contributed by atoms with E-state index in [-0.39, 0.29) is 0 Å². The van der Waals surface area contributed by atoms with Gasteiger partial charge in [0, 0.05) is 12.0 Å². The minimum atomic E-state index is 1.03. The van der Waals surface area contributed by atoms with Gasteiger partial charge in [-0.05, 0) is 47.6 Å². The van der Waals surface area contributed by atoms with Gasteiger partial charge in [-0.2, -0.15) is 0 Å². The third kappa shape index (κ3) is 2.70. The van der Waals surface area contributed by atoms with Gasteiger partial charge in [-0.15, -0.1) is 0 Å². The summed E-state index contributed by atoms with van der Waals surface area (Å²) in [6.45, 7) is 4.50. The summed E-state index contributed by atoms with van der Waals surface area (Å²) < 4.78 is 5.90. The lowest BCUT2D eigenvalue weighted by Gasteiger charge is -2.08. The van der Waals surface area contributed by atoms with Crippen LogP contribution in [-0.4, -0.2) is 0 Å². The number of aryl methyl sites for hydroxylation is 1. The van der Waals surface area contributed by atoms with Crippen LogP contribution in [0, 0.1) is 0 Å². The molecule has 1 aliphatic rings. The van der Waals surface area contributed by atoms with Gasteiger partial charge in [0.15, 0.2) is 0 Å². The van der Waals surface area contributed by atoms with Crippen molar-refractivity contribution in [1.29, 1.82) is 0 Å². The number of fused-ring (bicyclic) bond motifs is 1. The molecule has 0 spiro atoms. The minimum Gasteiger partial charge on any atom is -0.464 e. The molecule has 2 aromatic rings. The van der Waals surface area contributed by atoms with Gasteiger partial charge in [0.25, 0.3) is 0 Å². The lowest BCUT2D eigenvalue weighted by molar-refractivity contribution is 0.546. The van der Waals surface area contributed by atoms with Crippen LogP contribution >= 0.6 is 0 Å². The number of furan rings is 1. The summed E-state index contributed by atoms with van der Waals surface area (Å²) >= 11 is 0. The zero-order valence-corrected chi connectivity index (χ0v) is 13.1. The van der Waals surface area contributed by atoms with Gasteiger partial charge in [0.1, 0.15) is 5.76 Å². The van der Waals surface area contributed by atoms with Crippen LogP contribution in [0.25, 0.3) is 11.1 Å². The highest BCUT2D eigenvalue weighted by Crippen LogP contribution is 2.42. The third-order valence-corrected chi connectivity index (χ3v) is 4.39. The SMILES string of the molecule is CCCCc1ccoc1C1=C(CCC)c2ccccc2C1. The van der Waals surface area contributed by atoms with Crippen molar-refractivity contribution in [2.24, 2.45) is 0 Å². The lowest BCUT2D eigenvalue weighted by Crippen LogP contribution is -1.92. The van der Waals surface area contributed by atoms with Gasteiger partial charge in [0.05, 0.1) is 6.26 Å². The van der Waals surface area contributed by atoms with Gasteiger partial charge < -0.3 is 4.42 Å². The number of allylic oxidation sites excluding steroid dienone is 2. The first-order chi connectivity index (χ1) is 10.3. The van der Waals surface area contributed by atoms with E-state index in [1.807, 2.05) is 6.26 Å². The molecule has 1 aromatic heterocycles. The molecule has 0 bridgehead atoms. The molecule has 0 saturated heterocycles. The van der Waals surface area contributed by atoms with E-state index in [1.54, 1.807) is 0 Å². The Bertz CT molecular complexity index is 645. The highest BCUT2D eigenvalue weighted by molar-refractivity contribution is 5.96.